The first-order chi connectivity index (χ1) is 9.95. The number of rotatable bonds is 6. The van der Waals surface area contributed by atoms with Crippen molar-refractivity contribution in [1.82, 2.24) is 15.1 Å². The van der Waals surface area contributed by atoms with E-state index in [0.717, 1.165) is 32.4 Å². The van der Waals surface area contributed by atoms with Gasteiger partial charge in [0.15, 0.2) is 0 Å². The molecule has 0 aromatic heterocycles. The van der Waals surface area contributed by atoms with Gasteiger partial charge in [-0.2, -0.15) is 0 Å². The Kier molecular flexibility index (Phi) is 6.98. The van der Waals surface area contributed by atoms with E-state index in [1.54, 1.807) is 11.8 Å². The molecule has 0 spiro atoms. The number of likely N-dealkylation sites (tertiary alicyclic amines) is 1. The van der Waals surface area contributed by atoms with Crippen molar-refractivity contribution in [3.8, 4) is 0 Å². The highest BCUT2D eigenvalue weighted by atomic mass is 16.4. The van der Waals surface area contributed by atoms with E-state index in [0.29, 0.717) is 13.0 Å². The molecule has 3 amide bonds. The lowest BCUT2D eigenvalue weighted by molar-refractivity contribution is -0.137. The van der Waals surface area contributed by atoms with Gasteiger partial charge in [0.2, 0.25) is 5.91 Å². The fourth-order valence-corrected chi connectivity index (χ4v) is 2.41. The zero-order chi connectivity index (χ0) is 15.8. The highest BCUT2D eigenvalue weighted by Gasteiger charge is 2.25. The second kappa shape index (κ2) is 8.49. The van der Waals surface area contributed by atoms with Crippen LogP contribution >= 0.6 is 0 Å². The van der Waals surface area contributed by atoms with Gasteiger partial charge < -0.3 is 20.2 Å². The number of nitrogens with zero attached hydrogens (tertiary/aromatic N) is 2. The third-order valence-corrected chi connectivity index (χ3v) is 3.49. The fraction of sp³-hybridized carbons (Fsp3) is 0.786. The minimum Gasteiger partial charge on any atom is -0.480 e. The first-order valence-electron chi connectivity index (χ1n) is 7.51. The van der Waals surface area contributed by atoms with E-state index >= 15 is 0 Å². The van der Waals surface area contributed by atoms with Gasteiger partial charge in [0.25, 0.3) is 0 Å². The number of aliphatic carboxylic acids is 1. The normalized spacial score (nSPS) is 16.2. The maximum Gasteiger partial charge on any atom is 0.323 e. The van der Waals surface area contributed by atoms with Crippen LogP contribution in [-0.4, -0.2) is 65.0 Å². The summed E-state index contributed by atoms with van der Waals surface area (Å²) in [6, 6.07) is -1.14. The Bertz CT molecular complexity index is 380. The highest BCUT2D eigenvalue weighted by Crippen LogP contribution is 2.10. The molecule has 0 aromatic rings. The molecule has 120 valence electrons. The molecule has 1 saturated heterocycles. The van der Waals surface area contributed by atoms with Gasteiger partial charge in [-0.05, 0) is 32.6 Å². The van der Waals surface area contributed by atoms with Gasteiger partial charge in [-0.15, -0.1) is 0 Å². The van der Waals surface area contributed by atoms with Crippen LogP contribution in [-0.2, 0) is 9.59 Å². The number of urea groups is 1. The van der Waals surface area contributed by atoms with Gasteiger partial charge in [0.05, 0.1) is 0 Å². The zero-order valence-corrected chi connectivity index (χ0v) is 12.8. The first kappa shape index (κ1) is 17.3. The lowest BCUT2D eigenvalue weighted by Gasteiger charge is -2.30. The number of hydrogen-bond donors (Lipinski definition) is 2. The summed E-state index contributed by atoms with van der Waals surface area (Å²) in [6.45, 7) is 4.96. The Hall–Kier alpha value is -1.79. The van der Waals surface area contributed by atoms with Gasteiger partial charge in [0, 0.05) is 19.6 Å². The summed E-state index contributed by atoms with van der Waals surface area (Å²) in [6.07, 6.45) is 3.78. The maximum absolute atomic E-state index is 12.2. The Morgan fingerprint density at radius 1 is 1.24 bits per heavy atom. The number of carboxylic acid groups (broad SMARTS) is 1. The topological polar surface area (TPSA) is 90.0 Å². The predicted octanol–water partition coefficient (Wildman–Crippen LogP) is 0.894. The van der Waals surface area contributed by atoms with Crippen LogP contribution in [0.25, 0.3) is 0 Å². The van der Waals surface area contributed by atoms with E-state index in [2.05, 4.69) is 5.32 Å². The van der Waals surface area contributed by atoms with Crippen LogP contribution in [0.4, 0.5) is 4.79 Å². The van der Waals surface area contributed by atoms with Crippen LogP contribution in [0.3, 0.4) is 0 Å². The van der Waals surface area contributed by atoms with Crippen LogP contribution in [0.15, 0.2) is 0 Å². The van der Waals surface area contributed by atoms with E-state index in [1.807, 2.05) is 6.92 Å². The molecule has 7 heteroatoms. The van der Waals surface area contributed by atoms with Gasteiger partial charge in [-0.25, -0.2) is 4.79 Å². The van der Waals surface area contributed by atoms with Gasteiger partial charge in [-0.3, -0.25) is 9.59 Å². The van der Waals surface area contributed by atoms with Gasteiger partial charge in [-0.1, -0.05) is 6.92 Å². The summed E-state index contributed by atoms with van der Waals surface area (Å²) in [5.41, 5.74) is 0. The summed E-state index contributed by atoms with van der Waals surface area (Å²) < 4.78 is 0. The fourth-order valence-electron chi connectivity index (χ4n) is 2.41. The third-order valence-electron chi connectivity index (χ3n) is 3.49. The van der Waals surface area contributed by atoms with Gasteiger partial charge >= 0.3 is 12.0 Å². The molecule has 1 aliphatic rings. The molecule has 0 aliphatic carbocycles. The molecule has 1 rings (SSSR count). The summed E-state index contributed by atoms with van der Waals surface area (Å²) in [5, 5.41) is 11.4. The van der Waals surface area contributed by atoms with Crippen LogP contribution in [0, 0.1) is 0 Å². The third kappa shape index (κ3) is 5.61. The zero-order valence-electron chi connectivity index (χ0n) is 12.8. The number of hydrogen-bond acceptors (Lipinski definition) is 3. The van der Waals surface area contributed by atoms with Crippen molar-refractivity contribution in [3.05, 3.63) is 0 Å². The van der Waals surface area contributed by atoms with E-state index in [-0.39, 0.29) is 12.5 Å². The monoisotopic (exact) mass is 299 g/mol. The molecule has 0 saturated carbocycles. The van der Waals surface area contributed by atoms with Crippen LogP contribution in [0.5, 0.6) is 0 Å². The molecule has 1 atom stereocenters. The Morgan fingerprint density at radius 3 is 2.38 bits per heavy atom. The summed E-state index contributed by atoms with van der Waals surface area (Å²) in [5.74, 6) is -1.16. The Labute approximate surface area is 125 Å². The maximum atomic E-state index is 12.2. The molecule has 0 radical (unpaired) electrons. The van der Waals surface area contributed by atoms with Gasteiger partial charge in [0.1, 0.15) is 12.6 Å². The summed E-state index contributed by atoms with van der Waals surface area (Å²) >= 11 is 0. The standard InChI is InChI=1S/C14H25N3O4/c1-3-7-17(10-12(18)19)14(21)15-11(2)13(20)16-8-5-4-6-9-16/h11H,3-10H2,1-2H3,(H,15,21)(H,18,19). The second-order valence-corrected chi connectivity index (χ2v) is 5.37. The minimum atomic E-state index is -1.06. The minimum absolute atomic E-state index is 0.102. The summed E-state index contributed by atoms with van der Waals surface area (Å²) in [4.78, 5) is 38.0. The number of piperidine rings is 1. The van der Waals surface area contributed by atoms with E-state index in [1.165, 1.54) is 4.90 Å². The first-order valence-corrected chi connectivity index (χ1v) is 7.51. The molecule has 1 unspecified atom stereocenters. The van der Waals surface area contributed by atoms with Crippen LogP contribution in [0.1, 0.15) is 39.5 Å². The second-order valence-electron chi connectivity index (χ2n) is 5.37. The van der Waals surface area contributed by atoms with E-state index in [4.69, 9.17) is 5.11 Å². The quantitative estimate of drug-likeness (QED) is 0.762. The average Bonchev–Trinajstić information content (AvgIpc) is 2.46. The molecule has 1 heterocycles. The number of nitrogens with one attached hydrogen (secondary N) is 1. The molecule has 0 bridgehead atoms. The van der Waals surface area contributed by atoms with E-state index in [9.17, 15) is 14.4 Å². The van der Waals surface area contributed by atoms with E-state index < -0.39 is 18.0 Å². The SMILES string of the molecule is CCCN(CC(=O)O)C(=O)NC(C)C(=O)N1CCCCC1. The number of carbonyl (C=O) groups is 3. The Morgan fingerprint density at radius 2 is 1.86 bits per heavy atom. The lowest BCUT2D eigenvalue weighted by atomic mass is 10.1. The molecule has 7 nitrogen and oxygen atoms in total. The average molecular weight is 299 g/mol. The van der Waals surface area contributed by atoms with Crippen molar-refractivity contribution < 1.29 is 19.5 Å². The van der Waals surface area contributed by atoms with Crippen LogP contribution in [0.2, 0.25) is 0 Å². The highest BCUT2D eigenvalue weighted by molar-refractivity contribution is 5.87. The Balaban J connectivity index is 2.53. The van der Waals surface area contributed by atoms with Crippen LogP contribution < -0.4 is 5.32 Å². The molecule has 1 aliphatic heterocycles. The molecule has 1 fully saturated rings. The predicted molar refractivity (Wildman–Crippen MR) is 77.9 cm³/mol. The lowest BCUT2D eigenvalue weighted by Crippen LogP contribution is -2.52. The van der Waals surface area contributed by atoms with Crippen molar-refractivity contribution in [3.63, 3.8) is 0 Å². The molecular formula is C14H25N3O4. The number of amides is 3. The van der Waals surface area contributed by atoms with Crippen molar-refractivity contribution in [1.29, 1.82) is 0 Å². The molecule has 2 N–H and O–H groups in total. The number of carbonyl (C=O) groups excluding carboxylic acids is 2. The smallest absolute Gasteiger partial charge is 0.323 e. The van der Waals surface area contributed by atoms with Crippen molar-refractivity contribution in [2.24, 2.45) is 0 Å². The summed E-state index contributed by atoms with van der Waals surface area (Å²) in [7, 11) is 0. The largest absolute Gasteiger partial charge is 0.480 e. The number of carboxylic acids is 1. The molecular weight excluding hydrogens is 274 g/mol. The molecule has 21 heavy (non-hydrogen) atoms. The van der Waals surface area contributed by atoms with Crippen molar-refractivity contribution in [2.45, 2.75) is 45.6 Å². The van der Waals surface area contributed by atoms with Crippen molar-refractivity contribution >= 4 is 17.9 Å². The van der Waals surface area contributed by atoms with Crippen molar-refractivity contribution in [2.75, 3.05) is 26.2 Å². The molecule has 0 aromatic carbocycles.